The summed E-state index contributed by atoms with van der Waals surface area (Å²) in [5.41, 5.74) is 1.43. The summed E-state index contributed by atoms with van der Waals surface area (Å²) in [5.74, 6) is -0.820. The molecule has 0 unspecified atom stereocenters. The molecule has 0 aliphatic rings. The van der Waals surface area contributed by atoms with Gasteiger partial charge in [-0.25, -0.2) is 8.42 Å². The average Bonchev–Trinajstić information content (AvgIpc) is 2.93. The van der Waals surface area contributed by atoms with Gasteiger partial charge in [-0.05, 0) is 61.2 Å². The Morgan fingerprint density at radius 1 is 0.929 bits per heavy atom. The Kier molecular flexibility index (Phi) is 12.0. The third-order valence-electron chi connectivity index (χ3n) is 6.51. The third-order valence-corrected chi connectivity index (χ3v) is 9.68. The first-order valence-corrected chi connectivity index (χ1v) is 16.3. The van der Waals surface area contributed by atoms with Crippen LogP contribution in [0.1, 0.15) is 38.3 Å². The van der Waals surface area contributed by atoms with Crippen molar-refractivity contribution >= 4 is 73.9 Å². The molecule has 226 valence electrons. The summed E-state index contributed by atoms with van der Waals surface area (Å²) in [6.45, 7) is 7.21. The zero-order valence-electron chi connectivity index (χ0n) is 23.7. The number of nitrogens with one attached hydrogen (secondary N) is 1. The lowest BCUT2D eigenvalue weighted by atomic mass is 10.1. The molecular formula is C30H33Cl4N3O4S. The van der Waals surface area contributed by atoms with Crippen molar-refractivity contribution in [3.8, 4) is 0 Å². The first-order chi connectivity index (χ1) is 19.8. The van der Waals surface area contributed by atoms with Gasteiger partial charge in [0.2, 0.25) is 11.8 Å². The zero-order chi connectivity index (χ0) is 31.2. The molecule has 0 heterocycles. The van der Waals surface area contributed by atoms with Gasteiger partial charge in [-0.1, -0.05) is 97.0 Å². The second-order valence-corrected chi connectivity index (χ2v) is 13.7. The van der Waals surface area contributed by atoms with Crippen LogP contribution in [0.25, 0.3) is 0 Å². The Hall–Kier alpha value is -2.49. The molecule has 0 saturated heterocycles. The number of halogens is 4. The van der Waals surface area contributed by atoms with Crippen LogP contribution >= 0.6 is 46.4 Å². The van der Waals surface area contributed by atoms with Gasteiger partial charge in [0.15, 0.2) is 0 Å². The van der Waals surface area contributed by atoms with Crippen LogP contribution < -0.4 is 9.62 Å². The zero-order valence-corrected chi connectivity index (χ0v) is 27.5. The monoisotopic (exact) mass is 671 g/mol. The molecule has 0 aliphatic carbocycles. The smallest absolute Gasteiger partial charge is 0.264 e. The lowest BCUT2D eigenvalue weighted by Gasteiger charge is -2.33. The first kappa shape index (κ1) is 34.0. The molecule has 0 saturated carbocycles. The largest absolute Gasteiger partial charge is 0.354 e. The van der Waals surface area contributed by atoms with E-state index in [1.807, 2.05) is 20.8 Å². The van der Waals surface area contributed by atoms with Crippen molar-refractivity contribution in [2.45, 2.75) is 51.6 Å². The Morgan fingerprint density at radius 3 is 2.19 bits per heavy atom. The standard InChI is InChI=1S/C30H33Cl4N3O4S/c1-5-26(30(39)35-16-19(2)3)36(17-21-11-12-22(31)15-25(21)33)28(38)18-37(27-8-6-7-24(32)29(27)34)42(40,41)23-13-9-20(4)10-14-23/h6-15,19,26H,5,16-18H2,1-4H3,(H,35,39)/t26-/m0/s1. The number of anilines is 1. The van der Waals surface area contributed by atoms with Gasteiger partial charge in [0, 0.05) is 23.1 Å². The number of aryl methyl sites for hydroxylation is 1. The Labute approximate surface area is 267 Å². The van der Waals surface area contributed by atoms with E-state index >= 15 is 0 Å². The van der Waals surface area contributed by atoms with Crippen LogP contribution in [0.4, 0.5) is 5.69 Å². The molecule has 7 nitrogen and oxygen atoms in total. The SMILES string of the molecule is CC[C@@H](C(=O)NCC(C)C)N(Cc1ccc(Cl)cc1Cl)C(=O)CN(c1cccc(Cl)c1Cl)S(=O)(=O)c1ccc(C)cc1. The van der Waals surface area contributed by atoms with Gasteiger partial charge in [-0.3, -0.25) is 13.9 Å². The fourth-order valence-electron chi connectivity index (χ4n) is 4.21. The molecule has 3 rings (SSSR count). The summed E-state index contributed by atoms with van der Waals surface area (Å²) in [5, 5.41) is 3.69. The van der Waals surface area contributed by atoms with E-state index in [4.69, 9.17) is 46.4 Å². The van der Waals surface area contributed by atoms with Crippen LogP contribution in [0, 0.1) is 12.8 Å². The third kappa shape index (κ3) is 8.32. The molecule has 0 aromatic heterocycles. The number of hydrogen-bond acceptors (Lipinski definition) is 4. The van der Waals surface area contributed by atoms with Gasteiger partial charge in [-0.2, -0.15) is 0 Å². The normalized spacial score (nSPS) is 12.2. The van der Waals surface area contributed by atoms with Crippen LogP contribution in [0.3, 0.4) is 0 Å². The molecule has 0 fully saturated rings. The predicted molar refractivity (Wildman–Crippen MR) is 171 cm³/mol. The van der Waals surface area contributed by atoms with Crippen LogP contribution in [0.5, 0.6) is 0 Å². The van der Waals surface area contributed by atoms with E-state index in [1.54, 1.807) is 43.3 Å². The van der Waals surface area contributed by atoms with Crippen molar-refractivity contribution in [1.82, 2.24) is 10.2 Å². The topological polar surface area (TPSA) is 86.8 Å². The van der Waals surface area contributed by atoms with Gasteiger partial charge in [-0.15, -0.1) is 0 Å². The van der Waals surface area contributed by atoms with Gasteiger partial charge in [0.05, 0.1) is 20.6 Å². The molecular weight excluding hydrogens is 640 g/mol. The van der Waals surface area contributed by atoms with E-state index in [0.29, 0.717) is 22.2 Å². The quantitative estimate of drug-likeness (QED) is 0.218. The van der Waals surface area contributed by atoms with Crippen LogP contribution in [-0.4, -0.2) is 44.3 Å². The van der Waals surface area contributed by atoms with E-state index in [-0.39, 0.29) is 45.4 Å². The van der Waals surface area contributed by atoms with Gasteiger partial charge in [0.1, 0.15) is 12.6 Å². The number of hydrogen-bond donors (Lipinski definition) is 1. The average molecular weight is 673 g/mol. The molecule has 1 N–H and O–H groups in total. The Morgan fingerprint density at radius 2 is 1.60 bits per heavy atom. The first-order valence-electron chi connectivity index (χ1n) is 13.3. The van der Waals surface area contributed by atoms with E-state index in [0.717, 1.165) is 9.87 Å². The fourth-order valence-corrected chi connectivity index (χ4v) is 6.55. The molecule has 0 bridgehead atoms. The van der Waals surface area contributed by atoms with Gasteiger partial charge in [0.25, 0.3) is 10.0 Å². The van der Waals surface area contributed by atoms with Crippen molar-refractivity contribution in [2.24, 2.45) is 5.92 Å². The summed E-state index contributed by atoms with van der Waals surface area (Å²) < 4.78 is 28.9. The number of benzene rings is 3. The van der Waals surface area contributed by atoms with Crippen LogP contribution in [0.15, 0.2) is 65.6 Å². The number of nitrogens with zero attached hydrogens (tertiary/aromatic N) is 2. The predicted octanol–water partition coefficient (Wildman–Crippen LogP) is 7.38. The lowest BCUT2D eigenvalue weighted by Crippen LogP contribution is -2.52. The highest BCUT2D eigenvalue weighted by molar-refractivity contribution is 7.92. The van der Waals surface area contributed by atoms with Crippen molar-refractivity contribution in [1.29, 1.82) is 0 Å². The fraction of sp³-hybridized carbons (Fsp3) is 0.333. The van der Waals surface area contributed by atoms with E-state index in [2.05, 4.69) is 5.32 Å². The highest BCUT2D eigenvalue weighted by Crippen LogP contribution is 2.36. The molecule has 0 aliphatic heterocycles. The van der Waals surface area contributed by atoms with E-state index in [1.165, 1.54) is 29.2 Å². The molecule has 0 spiro atoms. The number of rotatable bonds is 12. The van der Waals surface area contributed by atoms with Gasteiger partial charge >= 0.3 is 0 Å². The molecule has 3 aromatic rings. The van der Waals surface area contributed by atoms with Gasteiger partial charge < -0.3 is 10.2 Å². The maximum atomic E-state index is 14.2. The molecule has 0 radical (unpaired) electrons. The van der Waals surface area contributed by atoms with Crippen molar-refractivity contribution < 1.29 is 18.0 Å². The summed E-state index contributed by atoms with van der Waals surface area (Å²) in [6, 6.07) is 14.7. The minimum Gasteiger partial charge on any atom is -0.354 e. The highest BCUT2D eigenvalue weighted by Gasteiger charge is 2.35. The second kappa shape index (κ2) is 14.8. The summed E-state index contributed by atoms with van der Waals surface area (Å²) >= 11 is 25.3. The number of amides is 2. The number of sulfonamides is 1. The van der Waals surface area contributed by atoms with E-state index in [9.17, 15) is 18.0 Å². The minimum atomic E-state index is -4.30. The van der Waals surface area contributed by atoms with Crippen LogP contribution in [-0.2, 0) is 26.2 Å². The molecule has 42 heavy (non-hydrogen) atoms. The minimum absolute atomic E-state index is 0.0277. The summed E-state index contributed by atoms with van der Waals surface area (Å²) in [7, 11) is -4.30. The summed E-state index contributed by atoms with van der Waals surface area (Å²) in [6.07, 6.45) is 0.267. The van der Waals surface area contributed by atoms with E-state index < -0.39 is 28.5 Å². The maximum absolute atomic E-state index is 14.2. The molecule has 12 heteroatoms. The highest BCUT2D eigenvalue weighted by atomic mass is 35.5. The number of carbonyl (C=O) groups excluding carboxylic acids is 2. The Balaban J connectivity index is 2.11. The molecule has 1 atom stereocenters. The van der Waals surface area contributed by atoms with Crippen molar-refractivity contribution in [2.75, 3.05) is 17.4 Å². The number of carbonyl (C=O) groups is 2. The molecule has 3 aromatic carbocycles. The maximum Gasteiger partial charge on any atom is 0.264 e. The van der Waals surface area contributed by atoms with Crippen molar-refractivity contribution in [3.63, 3.8) is 0 Å². The summed E-state index contributed by atoms with van der Waals surface area (Å²) in [4.78, 5) is 28.8. The van der Waals surface area contributed by atoms with Crippen LogP contribution in [0.2, 0.25) is 20.1 Å². The molecule has 2 amide bonds. The Bertz CT molecular complexity index is 1530. The second-order valence-electron chi connectivity index (χ2n) is 10.2. The van der Waals surface area contributed by atoms with Crippen molar-refractivity contribution in [3.05, 3.63) is 91.9 Å². The lowest BCUT2D eigenvalue weighted by molar-refractivity contribution is -0.140.